The summed E-state index contributed by atoms with van der Waals surface area (Å²) in [7, 11) is 1.58. The molecule has 1 aliphatic rings. The molecule has 0 bridgehead atoms. The molecule has 4 rings (SSSR count). The van der Waals surface area contributed by atoms with Gasteiger partial charge in [-0.2, -0.15) is 10.4 Å². The van der Waals surface area contributed by atoms with Crippen molar-refractivity contribution >= 4 is 29.1 Å². The highest BCUT2D eigenvalue weighted by Gasteiger charge is 2.27. The van der Waals surface area contributed by atoms with E-state index in [2.05, 4.69) is 16.6 Å². The number of nitriles is 1. The first kappa shape index (κ1) is 22.2. The molecule has 32 heavy (non-hydrogen) atoms. The Morgan fingerprint density at radius 3 is 2.47 bits per heavy atom. The molecule has 1 aromatic heterocycles. The van der Waals surface area contributed by atoms with E-state index in [0.717, 1.165) is 32.4 Å². The molecule has 1 fully saturated rings. The number of ether oxygens (including phenoxy) is 1. The van der Waals surface area contributed by atoms with Crippen molar-refractivity contribution in [2.45, 2.75) is 19.3 Å². The zero-order valence-electron chi connectivity index (χ0n) is 17.4. The molecule has 164 valence electrons. The number of aromatic nitrogens is 2. The van der Waals surface area contributed by atoms with Crippen molar-refractivity contribution in [2.75, 3.05) is 20.2 Å². The molecule has 0 unspecified atom stereocenters. The zero-order valence-corrected chi connectivity index (χ0v) is 19.0. The van der Waals surface area contributed by atoms with Crippen molar-refractivity contribution in [1.29, 1.82) is 5.26 Å². The summed E-state index contributed by atoms with van der Waals surface area (Å²) >= 11 is 12.5. The maximum Gasteiger partial charge on any atom is 0.287 e. The van der Waals surface area contributed by atoms with Crippen LogP contribution in [-0.4, -0.2) is 40.9 Å². The third-order valence-corrected chi connectivity index (χ3v) is 5.87. The summed E-state index contributed by atoms with van der Waals surface area (Å²) in [6.45, 7) is 1.53. The smallest absolute Gasteiger partial charge is 0.287 e. The molecule has 1 amide bonds. The van der Waals surface area contributed by atoms with Gasteiger partial charge in [0.05, 0.1) is 23.5 Å². The first-order valence-corrected chi connectivity index (χ1v) is 11.0. The second-order valence-electron chi connectivity index (χ2n) is 7.41. The topological polar surface area (TPSA) is 83.2 Å². The van der Waals surface area contributed by atoms with Crippen LogP contribution in [0, 0.1) is 11.3 Å². The largest absolute Gasteiger partial charge is 0.497 e. The molecule has 0 spiro atoms. The van der Waals surface area contributed by atoms with Crippen LogP contribution in [0.4, 0.5) is 0 Å². The van der Waals surface area contributed by atoms with E-state index in [-0.39, 0.29) is 11.3 Å². The summed E-state index contributed by atoms with van der Waals surface area (Å²) in [5, 5.41) is 17.2. The Morgan fingerprint density at radius 2 is 1.84 bits per heavy atom. The molecule has 7 nitrogen and oxygen atoms in total. The van der Waals surface area contributed by atoms with Gasteiger partial charge in [0.1, 0.15) is 17.4 Å². The van der Waals surface area contributed by atoms with Crippen molar-refractivity contribution in [2.24, 2.45) is 0 Å². The van der Waals surface area contributed by atoms with Gasteiger partial charge in [-0.3, -0.25) is 10.2 Å². The number of hydrazine groups is 1. The molecule has 3 aromatic rings. The fourth-order valence-electron chi connectivity index (χ4n) is 3.73. The van der Waals surface area contributed by atoms with Gasteiger partial charge in [0.15, 0.2) is 5.69 Å². The number of carbonyl (C=O) groups excluding carboxylic acids is 1. The number of piperidine rings is 1. The van der Waals surface area contributed by atoms with E-state index in [1.54, 1.807) is 37.4 Å². The van der Waals surface area contributed by atoms with E-state index in [1.807, 2.05) is 17.1 Å². The van der Waals surface area contributed by atoms with Crippen LogP contribution in [0.3, 0.4) is 0 Å². The predicted molar refractivity (Wildman–Crippen MR) is 123 cm³/mol. The summed E-state index contributed by atoms with van der Waals surface area (Å²) in [5.74, 6) is 0.243. The lowest BCUT2D eigenvalue weighted by Crippen LogP contribution is -2.45. The lowest BCUT2D eigenvalue weighted by molar-refractivity contribution is 0.0744. The second-order valence-corrected chi connectivity index (χ2v) is 8.25. The van der Waals surface area contributed by atoms with E-state index in [1.165, 1.54) is 4.68 Å². The number of methoxy groups -OCH3 is 1. The average Bonchev–Trinajstić information content (AvgIpc) is 3.19. The van der Waals surface area contributed by atoms with E-state index < -0.39 is 5.91 Å². The Labute approximate surface area is 196 Å². The Kier molecular flexibility index (Phi) is 6.66. The van der Waals surface area contributed by atoms with Crippen LogP contribution in [-0.2, 0) is 0 Å². The average molecular weight is 469 g/mol. The SMILES string of the molecule is [11CH3]Oc1ccc(-c2c(C#N)c(C(=O)NN3CCCCC3)nn2-c2ccc(Cl)cc2Cl)cc1. The zero-order chi connectivity index (χ0) is 22.7. The van der Waals surface area contributed by atoms with E-state index in [0.29, 0.717) is 32.7 Å². The molecule has 9 heteroatoms. The Bertz CT molecular complexity index is 1180. The summed E-state index contributed by atoms with van der Waals surface area (Å²) in [6, 6.07) is 14.3. The first-order chi connectivity index (χ1) is 15.5. The van der Waals surface area contributed by atoms with Crippen molar-refractivity contribution in [3.8, 4) is 28.8 Å². The minimum atomic E-state index is -0.429. The van der Waals surface area contributed by atoms with Crippen LogP contribution in [0.5, 0.6) is 5.75 Å². The number of nitrogens with one attached hydrogen (secondary N) is 1. The van der Waals surface area contributed by atoms with Crippen LogP contribution in [0.2, 0.25) is 10.0 Å². The summed E-state index contributed by atoms with van der Waals surface area (Å²) in [4.78, 5) is 13.1. The molecule has 0 atom stereocenters. The standard InChI is InChI=1S/C23H21Cl2N5O2/c1-32-17-8-5-15(6-9-17)22-18(14-26)21(23(31)28-29-11-3-2-4-12-29)27-30(22)20-10-7-16(24)13-19(20)25/h5-10,13H,2-4,11-12H2,1H3,(H,28,31)/i1-1. The summed E-state index contributed by atoms with van der Waals surface area (Å²) in [5.41, 5.74) is 4.75. The van der Waals surface area contributed by atoms with Gasteiger partial charge in [-0.05, 0) is 55.3 Å². The fraction of sp³-hybridized carbons (Fsp3) is 0.261. The number of hydrogen-bond donors (Lipinski definition) is 1. The monoisotopic (exact) mass is 468 g/mol. The predicted octanol–water partition coefficient (Wildman–Crippen LogP) is 4.86. The third kappa shape index (κ3) is 4.44. The van der Waals surface area contributed by atoms with Crippen molar-refractivity contribution in [3.05, 3.63) is 63.8 Å². The second kappa shape index (κ2) is 9.61. The normalized spacial score (nSPS) is 14.1. The highest BCUT2D eigenvalue weighted by Crippen LogP contribution is 2.33. The van der Waals surface area contributed by atoms with Crippen molar-refractivity contribution < 1.29 is 9.53 Å². The number of hydrogen-bond acceptors (Lipinski definition) is 5. The fourth-order valence-corrected chi connectivity index (χ4v) is 4.22. The number of carbonyl (C=O) groups is 1. The quantitative estimate of drug-likeness (QED) is 0.577. The van der Waals surface area contributed by atoms with Crippen LogP contribution in [0.1, 0.15) is 35.3 Å². The minimum Gasteiger partial charge on any atom is -0.497 e. The van der Waals surface area contributed by atoms with Gasteiger partial charge in [-0.25, -0.2) is 9.69 Å². The highest BCUT2D eigenvalue weighted by atomic mass is 35.5. The van der Waals surface area contributed by atoms with Gasteiger partial charge in [0.2, 0.25) is 0 Å². The van der Waals surface area contributed by atoms with Crippen LogP contribution in [0.15, 0.2) is 42.5 Å². The number of benzene rings is 2. The minimum absolute atomic E-state index is 0.0370. The van der Waals surface area contributed by atoms with Gasteiger partial charge >= 0.3 is 0 Å². The van der Waals surface area contributed by atoms with E-state index in [4.69, 9.17) is 27.9 Å². The van der Waals surface area contributed by atoms with Crippen LogP contribution in [0.25, 0.3) is 16.9 Å². The molecule has 0 radical (unpaired) electrons. The van der Waals surface area contributed by atoms with E-state index >= 15 is 0 Å². The maximum atomic E-state index is 13.1. The van der Waals surface area contributed by atoms with Crippen molar-refractivity contribution in [1.82, 2.24) is 20.2 Å². The molecule has 1 N–H and O–H groups in total. The number of halogens is 2. The molecule has 1 aliphatic heterocycles. The number of amides is 1. The Hall–Kier alpha value is -3.05. The number of nitrogens with zero attached hydrogens (tertiary/aromatic N) is 4. The first-order valence-electron chi connectivity index (χ1n) is 10.2. The highest BCUT2D eigenvalue weighted by molar-refractivity contribution is 6.35. The third-order valence-electron chi connectivity index (χ3n) is 5.33. The van der Waals surface area contributed by atoms with Crippen LogP contribution >= 0.6 is 23.2 Å². The molecule has 2 aromatic carbocycles. The van der Waals surface area contributed by atoms with Crippen LogP contribution < -0.4 is 10.2 Å². The van der Waals surface area contributed by atoms with Gasteiger partial charge in [-0.1, -0.05) is 29.6 Å². The summed E-state index contributed by atoms with van der Waals surface area (Å²) in [6.07, 6.45) is 3.16. The summed E-state index contributed by atoms with van der Waals surface area (Å²) < 4.78 is 6.76. The molecular weight excluding hydrogens is 448 g/mol. The van der Waals surface area contributed by atoms with Gasteiger partial charge in [-0.15, -0.1) is 0 Å². The Morgan fingerprint density at radius 1 is 1.12 bits per heavy atom. The molecule has 0 saturated carbocycles. The van der Waals surface area contributed by atoms with Gasteiger partial charge in [0, 0.05) is 23.7 Å². The Balaban J connectivity index is 1.85. The molecule has 2 heterocycles. The lowest BCUT2D eigenvalue weighted by atomic mass is 10.1. The lowest BCUT2D eigenvalue weighted by Gasteiger charge is -2.26. The molecule has 0 aliphatic carbocycles. The maximum absolute atomic E-state index is 13.1. The number of rotatable bonds is 5. The van der Waals surface area contributed by atoms with Gasteiger partial charge < -0.3 is 4.74 Å². The molecule has 1 saturated heterocycles. The molecular formula is C23H21Cl2N5O2. The van der Waals surface area contributed by atoms with Crippen molar-refractivity contribution in [3.63, 3.8) is 0 Å². The van der Waals surface area contributed by atoms with Gasteiger partial charge in [0.25, 0.3) is 5.91 Å². The van der Waals surface area contributed by atoms with E-state index in [9.17, 15) is 10.1 Å².